The standard InChI is InChI=1S/C12H8N6/c1-2-10(12-14-8-16-18(12)4-1)9-3-5-17-11(6-9)13-7-15-17/h1-8H. The summed E-state index contributed by atoms with van der Waals surface area (Å²) in [5.41, 5.74) is 3.73. The molecule has 4 heterocycles. The number of pyridine rings is 2. The molecule has 4 aromatic rings. The van der Waals surface area contributed by atoms with Crippen LogP contribution in [0.15, 0.2) is 49.3 Å². The minimum absolute atomic E-state index is 0.814. The fourth-order valence-electron chi connectivity index (χ4n) is 2.06. The van der Waals surface area contributed by atoms with E-state index in [1.807, 2.05) is 36.7 Å². The van der Waals surface area contributed by atoms with Crippen molar-refractivity contribution in [3.8, 4) is 11.1 Å². The second-order valence-electron chi connectivity index (χ2n) is 3.93. The van der Waals surface area contributed by atoms with Crippen molar-refractivity contribution in [3.05, 3.63) is 49.3 Å². The third-order valence-electron chi connectivity index (χ3n) is 2.90. The van der Waals surface area contributed by atoms with Crippen LogP contribution in [0.5, 0.6) is 0 Å². The smallest absolute Gasteiger partial charge is 0.163 e. The number of hydrogen-bond acceptors (Lipinski definition) is 4. The van der Waals surface area contributed by atoms with E-state index in [9.17, 15) is 0 Å². The summed E-state index contributed by atoms with van der Waals surface area (Å²) in [4.78, 5) is 8.45. The molecule has 0 spiro atoms. The zero-order valence-electron chi connectivity index (χ0n) is 9.30. The number of fused-ring (bicyclic) bond motifs is 2. The van der Waals surface area contributed by atoms with E-state index < -0.39 is 0 Å². The quantitative estimate of drug-likeness (QED) is 0.501. The van der Waals surface area contributed by atoms with E-state index in [-0.39, 0.29) is 0 Å². The highest BCUT2D eigenvalue weighted by molar-refractivity contribution is 5.78. The Morgan fingerprint density at radius 2 is 1.78 bits per heavy atom. The zero-order valence-corrected chi connectivity index (χ0v) is 9.30. The van der Waals surface area contributed by atoms with Gasteiger partial charge >= 0.3 is 0 Å². The summed E-state index contributed by atoms with van der Waals surface area (Å²) < 4.78 is 3.48. The zero-order chi connectivity index (χ0) is 11.9. The first-order chi connectivity index (χ1) is 8.92. The van der Waals surface area contributed by atoms with Crippen LogP contribution < -0.4 is 0 Å². The Morgan fingerprint density at radius 3 is 2.78 bits per heavy atom. The van der Waals surface area contributed by atoms with Crippen molar-refractivity contribution in [3.63, 3.8) is 0 Å². The minimum Gasteiger partial charge on any atom is -0.221 e. The molecule has 4 aromatic heterocycles. The summed E-state index contributed by atoms with van der Waals surface area (Å²) >= 11 is 0. The van der Waals surface area contributed by atoms with Crippen molar-refractivity contribution in [2.24, 2.45) is 0 Å². The molecule has 0 atom stereocenters. The van der Waals surface area contributed by atoms with Gasteiger partial charge in [-0.3, -0.25) is 0 Å². The van der Waals surface area contributed by atoms with E-state index in [2.05, 4.69) is 20.2 Å². The molecular weight excluding hydrogens is 228 g/mol. The molecule has 0 amide bonds. The molecule has 0 radical (unpaired) electrons. The highest BCUT2D eigenvalue weighted by atomic mass is 15.3. The molecule has 0 N–H and O–H groups in total. The normalized spacial score (nSPS) is 11.3. The summed E-state index contributed by atoms with van der Waals surface area (Å²) in [6, 6.07) is 7.94. The SMILES string of the molecule is c1cc(-c2ccn3ncnc3c2)c2ncnn2c1. The van der Waals surface area contributed by atoms with Gasteiger partial charge in [0.25, 0.3) is 0 Å². The van der Waals surface area contributed by atoms with E-state index in [0.717, 1.165) is 22.4 Å². The minimum atomic E-state index is 0.814. The first-order valence-electron chi connectivity index (χ1n) is 5.50. The van der Waals surface area contributed by atoms with Crippen molar-refractivity contribution in [2.45, 2.75) is 0 Å². The Kier molecular flexibility index (Phi) is 1.74. The summed E-state index contributed by atoms with van der Waals surface area (Å²) in [7, 11) is 0. The first kappa shape index (κ1) is 9.29. The molecule has 86 valence electrons. The molecule has 6 heteroatoms. The molecular formula is C12H8N6. The second-order valence-corrected chi connectivity index (χ2v) is 3.93. The summed E-state index contributed by atoms with van der Waals surface area (Å²) in [5.74, 6) is 0. The lowest BCUT2D eigenvalue weighted by Crippen LogP contribution is -1.91. The monoisotopic (exact) mass is 236 g/mol. The summed E-state index contributed by atoms with van der Waals surface area (Å²) in [6.07, 6.45) is 6.85. The molecule has 0 saturated heterocycles. The Balaban J connectivity index is 2.03. The van der Waals surface area contributed by atoms with Gasteiger partial charge in [-0.2, -0.15) is 10.2 Å². The third kappa shape index (κ3) is 1.22. The molecule has 18 heavy (non-hydrogen) atoms. The fourth-order valence-corrected chi connectivity index (χ4v) is 2.06. The molecule has 0 unspecified atom stereocenters. The van der Waals surface area contributed by atoms with E-state index in [4.69, 9.17) is 0 Å². The van der Waals surface area contributed by atoms with Crippen LogP contribution in [0.1, 0.15) is 0 Å². The van der Waals surface area contributed by atoms with Crippen LogP contribution in [-0.2, 0) is 0 Å². The maximum atomic E-state index is 4.27. The number of nitrogens with zero attached hydrogens (tertiary/aromatic N) is 6. The van der Waals surface area contributed by atoms with Crippen molar-refractivity contribution >= 4 is 11.3 Å². The Morgan fingerprint density at radius 1 is 0.889 bits per heavy atom. The third-order valence-corrected chi connectivity index (χ3v) is 2.90. The highest BCUT2D eigenvalue weighted by Gasteiger charge is 2.07. The largest absolute Gasteiger partial charge is 0.221 e. The Bertz CT molecular complexity index is 844. The summed E-state index contributed by atoms with van der Waals surface area (Å²) in [5, 5.41) is 8.21. The van der Waals surface area contributed by atoms with Gasteiger partial charge in [-0.15, -0.1) is 0 Å². The highest BCUT2D eigenvalue weighted by Crippen LogP contribution is 2.23. The van der Waals surface area contributed by atoms with Crippen LogP contribution in [0, 0.1) is 0 Å². The predicted octanol–water partition coefficient (Wildman–Crippen LogP) is 1.44. The Labute approximate surface area is 102 Å². The van der Waals surface area contributed by atoms with Crippen molar-refractivity contribution in [1.82, 2.24) is 29.2 Å². The molecule has 0 fully saturated rings. The van der Waals surface area contributed by atoms with Gasteiger partial charge in [0.15, 0.2) is 11.3 Å². The number of aromatic nitrogens is 6. The average molecular weight is 236 g/mol. The molecule has 6 nitrogen and oxygen atoms in total. The van der Waals surface area contributed by atoms with E-state index in [1.165, 1.54) is 6.33 Å². The van der Waals surface area contributed by atoms with Gasteiger partial charge in [-0.1, -0.05) is 0 Å². The maximum Gasteiger partial charge on any atom is 0.163 e. The topological polar surface area (TPSA) is 60.4 Å². The van der Waals surface area contributed by atoms with Gasteiger partial charge in [0.05, 0.1) is 0 Å². The molecule has 0 aliphatic carbocycles. The van der Waals surface area contributed by atoms with Crippen molar-refractivity contribution < 1.29 is 0 Å². The number of hydrogen-bond donors (Lipinski definition) is 0. The van der Waals surface area contributed by atoms with Gasteiger partial charge in [-0.05, 0) is 29.8 Å². The van der Waals surface area contributed by atoms with Crippen molar-refractivity contribution in [1.29, 1.82) is 0 Å². The van der Waals surface area contributed by atoms with Crippen LogP contribution in [0.2, 0.25) is 0 Å². The molecule has 0 aliphatic rings. The lowest BCUT2D eigenvalue weighted by atomic mass is 10.1. The lowest BCUT2D eigenvalue weighted by Gasteiger charge is -2.03. The van der Waals surface area contributed by atoms with Crippen LogP contribution in [0.4, 0.5) is 0 Å². The van der Waals surface area contributed by atoms with E-state index >= 15 is 0 Å². The molecule has 0 aromatic carbocycles. The number of rotatable bonds is 1. The van der Waals surface area contributed by atoms with E-state index in [1.54, 1.807) is 15.4 Å². The molecule has 0 saturated carbocycles. The summed E-state index contributed by atoms with van der Waals surface area (Å²) in [6.45, 7) is 0. The average Bonchev–Trinajstić information content (AvgIpc) is 3.05. The van der Waals surface area contributed by atoms with Crippen LogP contribution in [0.25, 0.3) is 22.4 Å². The van der Waals surface area contributed by atoms with Crippen LogP contribution in [-0.4, -0.2) is 29.2 Å². The first-order valence-corrected chi connectivity index (χ1v) is 5.50. The van der Waals surface area contributed by atoms with Gasteiger partial charge in [0, 0.05) is 18.0 Å². The molecule has 0 aliphatic heterocycles. The molecule has 0 bridgehead atoms. The van der Waals surface area contributed by atoms with Crippen molar-refractivity contribution in [2.75, 3.05) is 0 Å². The van der Waals surface area contributed by atoms with Crippen LogP contribution >= 0.6 is 0 Å². The maximum absolute atomic E-state index is 4.27. The van der Waals surface area contributed by atoms with Gasteiger partial charge in [0.2, 0.25) is 0 Å². The molecule has 4 rings (SSSR count). The second kappa shape index (κ2) is 3.36. The van der Waals surface area contributed by atoms with Crippen LogP contribution in [0.3, 0.4) is 0 Å². The fraction of sp³-hybridized carbons (Fsp3) is 0. The van der Waals surface area contributed by atoms with Gasteiger partial charge in [0.1, 0.15) is 12.7 Å². The van der Waals surface area contributed by atoms with Gasteiger partial charge < -0.3 is 0 Å². The lowest BCUT2D eigenvalue weighted by molar-refractivity contribution is 0.958. The van der Waals surface area contributed by atoms with E-state index in [0.29, 0.717) is 0 Å². The predicted molar refractivity (Wildman–Crippen MR) is 65.0 cm³/mol. The van der Waals surface area contributed by atoms with Gasteiger partial charge in [-0.25, -0.2) is 19.0 Å². The Hall–Kier alpha value is -2.76.